The number of hydrogen-bond donors (Lipinski definition) is 2. The van der Waals surface area contributed by atoms with Gasteiger partial charge in [-0.25, -0.2) is 9.99 Å². The zero-order valence-electron chi connectivity index (χ0n) is 17.8. The van der Waals surface area contributed by atoms with Crippen molar-refractivity contribution < 1.29 is 19.1 Å². The lowest BCUT2D eigenvalue weighted by Crippen LogP contribution is -2.32. The molecule has 1 aliphatic heterocycles. The number of nitrogens with one attached hydrogen (secondary N) is 2. The molecule has 4 rings (SSSR count). The van der Waals surface area contributed by atoms with Gasteiger partial charge in [0.05, 0.1) is 32.5 Å². The predicted octanol–water partition coefficient (Wildman–Crippen LogP) is 3.32. The number of methoxy groups -OCH3 is 2. The lowest BCUT2D eigenvalue weighted by Gasteiger charge is -2.24. The monoisotopic (exact) mass is 433 g/mol. The molecule has 0 saturated heterocycles. The molecule has 1 aromatic heterocycles. The summed E-state index contributed by atoms with van der Waals surface area (Å²) in [6.07, 6.45) is 4.40. The van der Waals surface area contributed by atoms with E-state index in [0.717, 1.165) is 24.1 Å². The zero-order chi connectivity index (χ0) is 22.5. The highest BCUT2D eigenvalue weighted by atomic mass is 16.5. The van der Waals surface area contributed by atoms with Gasteiger partial charge in [-0.1, -0.05) is 6.07 Å². The van der Waals surface area contributed by atoms with Gasteiger partial charge in [0.2, 0.25) is 0 Å². The quantitative estimate of drug-likeness (QED) is 0.620. The van der Waals surface area contributed by atoms with E-state index in [0.29, 0.717) is 35.0 Å². The minimum Gasteiger partial charge on any atom is -0.493 e. The van der Waals surface area contributed by atoms with Crippen molar-refractivity contribution in [1.82, 2.24) is 15.0 Å². The number of rotatable bonds is 6. The summed E-state index contributed by atoms with van der Waals surface area (Å²) in [4.78, 5) is 31.9. The van der Waals surface area contributed by atoms with E-state index in [9.17, 15) is 9.59 Å². The zero-order valence-corrected chi connectivity index (χ0v) is 17.8. The Morgan fingerprint density at radius 3 is 2.69 bits per heavy atom. The number of carbonyl (C=O) groups is 2. The van der Waals surface area contributed by atoms with Crippen LogP contribution in [0.1, 0.15) is 39.3 Å². The van der Waals surface area contributed by atoms with Gasteiger partial charge in [0.1, 0.15) is 5.69 Å². The van der Waals surface area contributed by atoms with E-state index in [1.807, 2.05) is 18.2 Å². The third kappa shape index (κ3) is 4.46. The lowest BCUT2D eigenvalue weighted by atomic mass is 10.0. The van der Waals surface area contributed by atoms with Crippen LogP contribution in [0.3, 0.4) is 0 Å². The minimum atomic E-state index is -0.334. The van der Waals surface area contributed by atoms with Crippen LogP contribution < -0.4 is 14.8 Å². The predicted molar refractivity (Wildman–Crippen MR) is 119 cm³/mol. The Balaban J connectivity index is 1.53. The molecule has 9 nitrogen and oxygen atoms in total. The van der Waals surface area contributed by atoms with Gasteiger partial charge in [-0.3, -0.25) is 9.59 Å². The Morgan fingerprint density at radius 2 is 1.94 bits per heavy atom. The van der Waals surface area contributed by atoms with Gasteiger partial charge in [-0.2, -0.15) is 5.10 Å². The average Bonchev–Trinajstić information content (AvgIpc) is 3.39. The van der Waals surface area contributed by atoms with Crippen LogP contribution in [0.4, 0.5) is 5.69 Å². The third-order valence-electron chi connectivity index (χ3n) is 5.09. The number of carbonyl (C=O) groups excluding carboxylic acids is 2. The molecule has 0 fully saturated rings. The van der Waals surface area contributed by atoms with Crippen molar-refractivity contribution in [1.29, 1.82) is 0 Å². The van der Waals surface area contributed by atoms with Gasteiger partial charge in [0.15, 0.2) is 11.5 Å². The van der Waals surface area contributed by atoms with Crippen molar-refractivity contribution in [2.45, 2.75) is 12.8 Å². The molecule has 2 aromatic carbocycles. The van der Waals surface area contributed by atoms with Gasteiger partial charge < -0.3 is 19.8 Å². The Labute approximate surface area is 185 Å². The molecular weight excluding hydrogens is 410 g/mol. The van der Waals surface area contributed by atoms with Crippen LogP contribution >= 0.6 is 0 Å². The third-order valence-corrected chi connectivity index (χ3v) is 5.09. The van der Waals surface area contributed by atoms with E-state index in [4.69, 9.17) is 9.47 Å². The number of hydrazone groups is 1. The molecule has 3 aromatic rings. The number of imidazole rings is 1. The number of hydrogen-bond acceptors (Lipinski definition) is 6. The number of ether oxygens (including phenoxy) is 2. The van der Waals surface area contributed by atoms with Crippen molar-refractivity contribution in [3.8, 4) is 11.5 Å². The number of nitrogens with zero attached hydrogens (tertiary/aromatic N) is 3. The van der Waals surface area contributed by atoms with Crippen molar-refractivity contribution in [3.63, 3.8) is 0 Å². The fraction of sp³-hybridized carbons (Fsp3) is 0.217. The molecule has 0 saturated carbocycles. The maximum atomic E-state index is 13.1. The molecule has 2 amide bonds. The Kier molecular flexibility index (Phi) is 6.16. The Bertz CT molecular complexity index is 1160. The molecule has 0 bridgehead atoms. The number of benzene rings is 2. The second kappa shape index (κ2) is 9.34. The maximum absolute atomic E-state index is 13.1. The van der Waals surface area contributed by atoms with Crippen LogP contribution in [-0.4, -0.2) is 53.3 Å². The standard InChI is InChI=1S/C23H23N5O4/c1-31-20-9-8-15(12-21(20)32-2)18-7-4-10-28(27-18)23(30)16-5-3-6-17(11-16)26-22(29)19-13-24-14-25-19/h3,5-6,8-9,11-14H,4,7,10H2,1-2H3,(H,24,25)(H,26,29). The van der Waals surface area contributed by atoms with Crippen molar-refractivity contribution in [2.24, 2.45) is 5.10 Å². The molecule has 164 valence electrons. The first kappa shape index (κ1) is 21.1. The average molecular weight is 433 g/mol. The Morgan fingerprint density at radius 1 is 1.09 bits per heavy atom. The summed E-state index contributed by atoms with van der Waals surface area (Å²) >= 11 is 0. The van der Waals surface area contributed by atoms with Gasteiger partial charge in [0, 0.05) is 23.4 Å². The van der Waals surface area contributed by atoms with E-state index in [1.165, 1.54) is 17.5 Å². The molecule has 9 heteroatoms. The smallest absolute Gasteiger partial charge is 0.274 e. The van der Waals surface area contributed by atoms with Crippen molar-refractivity contribution >= 4 is 23.2 Å². The summed E-state index contributed by atoms with van der Waals surface area (Å²) in [5.41, 5.74) is 2.96. The highest BCUT2D eigenvalue weighted by molar-refractivity contribution is 6.05. The minimum absolute atomic E-state index is 0.236. The summed E-state index contributed by atoms with van der Waals surface area (Å²) in [7, 11) is 3.17. The molecule has 0 aliphatic carbocycles. The van der Waals surface area contributed by atoms with Crippen LogP contribution in [0.2, 0.25) is 0 Å². The maximum Gasteiger partial charge on any atom is 0.274 e. The first-order valence-corrected chi connectivity index (χ1v) is 10.1. The lowest BCUT2D eigenvalue weighted by molar-refractivity contribution is 0.0751. The van der Waals surface area contributed by atoms with E-state index >= 15 is 0 Å². The van der Waals surface area contributed by atoms with Crippen molar-refractivity contribution in [2.75, 3.05) is 26.1 Å². The van der Waals surface area contributed by atoms with E-state index in [1.54, 1.807) is 38.5 Å². The summed E-state index contributed by atoms with van der Waals surface area (Å²) in [5, 5.41) is 8.82. The van der Waals surface area contributed by atoms with E-state index in [-0.39, 0.29) is 11.8 Å². The number of amides is 2. The first-order valence-electron chi connectivity index (χ1n) is 10.1. The van der Waals surface area contributed by atoms with Crippen LogP contribution in [0, 0.1) is 0 Å². The highest BCUT2D eigenvalue weighted by Gasteiger charge is 2.22. The summed E-state index contributed by atoms with van der Waals surface area (Å²) in [6, 6.07) is 12.4. The molecule has 2 N–H and O–H groups in total. The molecule has 0 unspecified atom stereocenters. The van der Waals surface area contributed by atoms with Gasteiger partial charge in [0.25, 0.3) is 11.8 Å². The van der Waals surface area contributed by atoms with Crippen LogP contribution in [0.25, 0.3) is 0 Å². The molecule has 1 aliphatic rings. The largest absolute Gasteiger partial charge is 0.493 e. The Hall–Kier alpha value is -4.14. The first-order chi connectivity index (χ1) is 15.6. The van der Waals surface area contributed by atoms with Crippen LogP contribution in [-0.2, 0) is 0 Å². The molecule has 2 heterocycles. The summed E-state index contributed by atoms with van der Waals surface area (Å²) in [6.45, 7) is 0.514. The molecule has 0 atom stereocenters. The number of anilines is 1. The van der Waals surface area contributed by atoms with Gasteiger partial charge in [-0.05, 0) is 49.2 Å². The molecular formula is C23H23N5O4. The number of aromatic nitrogens is 2. The van der Waals surface area contributed by atoms with Crippen molar-refractivity contribution in [3.05, 3.63) is 71.8 Å². The van der Waals surface area contributed by atoms with E-state index < -0.39 is 0 Å². The molecule has 0 spiro atoms. The summed E-state index contributed by atoms with van der Waals surface area (Å²) < 4.78 is 10.7. The van der Waals surface area contributed by atoms with E-state index in [2.05, 4.69) is 20.4 Å². The topological polar surface area (TPSA) is 109 Å². The van der Waals surface area contributed by atoms with Gasteiger partial charge in [-0.15, -0.1) is 0 Å². The normalized spacial score (nSPS) is 13.3. The van der Waals surface area contributed by atoms with Crippen LogP contribution in [0.15, 0.2) is 60.1 Å². The second-order valence-corrected chi connectivity index (χ2v) is 7.15. The summed E-state index contributed by atoms with van der Waals surface area (Å²) in [5.74, 6) is 0.672. The van der Waals surface area contributed by atoms with Gasteiger partial charge >= 0.3 is 0 Å². The fourth-order valence-corrected chi connectivity index (χ4v) is 3.46. The number of aromatic amines is 1. The second-order valence-electron chi connectivity index (χ2n) is 7.15. The van der Waals surface area contributed by atoms with Crippen LogP contribution in [0.5, 0.6) is 11.5 Å². The highest BCUT2D eigenvalue weighted by Crippen LogP contribution is 2.29. The fourth-order valence-electron chi connectivity index (χ4n) is 3.46. The number of H-pyrrole nitrogens is 1. The molecule has 0 radical (unpaired) electrons. The molecule has 32 heavy (non-hydrogen) atoms. The SMILES string of the molecule is COc1ccc(C2=NN(C(=O)c3cccc(NC(=O)c4cnc[nH]4)c3)CCC2)cc1OC.